The maximum atomic E-state index is 13.3. The molecule has 0 atom stereocenters. The lowest BCUT2D eigenvalue weighted by Crippen LogP contribution is -2.67. The number of hydrogen-bond donors (Lipinski definition) is 1. The Morgan fingerprint density at radius 3 is 2.41 bits per heavy atom. The summed E-state index contributed by atoms with van der Waals surface area (Å²) >= 11 is 0. The van der Waals surface area contributed by atoms with Crippen LogP contribution in [0.3, 0.4) is 0 Å². The molecule has 5 heteroatoms. The summed E-state index contributed by atoms with van der Waals surface area (Å²) in [5, 5.41) is 0. The topological polar surface area (TPSA) is 46.3 Å². The summed E-state index contributed by atoms with van der Waals surface area (Å²) < 4.78 is 26.6. The average Bonchev–Trinajstić information content (AvgIpc) is 2.20. The second-order valence-corrected chi connectivity index (χ2v) is 4.78. The molecule has 17 heavy (non-hydrogen) atoms. The smallest absolute Gasteiger partial charge is 0.227 e. The predicted molar refractivity (Wildman–Crippen MR) is 59.2 cm³/mol. The molecule has 0 aliphatic carbocycles. The van der Waals surface area contributed by atoms with Crippen LogP contribution in [0.25, 0.3) is 0 Å². The molecular weight excluding hydrogens is 226 g/mol. The number of rotatable bonds is 2. The molecule has 1 saturated heterocycles. The summed E-state index contributed by atoms with van der Waals surface area (Å²) in [6.07, 6.45) is -0.255. The fourth-order valence-electron chi connectivity index (χ4n) is 1.97. The van der Waals surface area contributed by atoms with E-state index in [1.807, 2.05) is 6.92 Å². The molecule has 0 spiro atoms. The van der Waals surface area contributed by atoms with E-state index in [1.54, 1.807) is 0 Å². The van der Waals surface area contributed by atoms with Crippen molar-refractivity contribution in [1.82, 2.24) is 4.90 Å². The molecular formula is C12H14F2N2O. The predicted octanol–water partition coefficient (Wildman–Crippen LogP) is 1.07. The van der Waals surface area contributed by atoms with Crippen LogP contribution in [0.5, 0.6) is 0 Å². The number of carbonyl (C=O) groups excluding carboxylic acids is 1. The van der Waals surface area contributed by atoms with E-state index in [0.29, 0.717) is 13.1 Å². The Balaban J connectivity index is 2.05. The van der Waals surface area contributed by atoms with Crippen molar-refractivity contribution in [2.24, 2.45) is 5.73 Å². The highest BCUT2D eigenvalue weighted by molar-refractivity contribution is 5.80. The number of carbonyl (C=O) groups is 1. The van der Waals surface area contributed by atoms with Crippen LogP contribution in [0.4, 0.5) is 8.78 Å². The van der Waals surface area contributed by atoms with Gasteiger partial charge in [0.25, 0.3) is 0 Å². The zero-order valence-electron chi connectivity index (χ0n) is 9.54. The third-order valence-electron chi connectivity index (χ3n) is 2.85. The van der Waals surface area contributed by atoms with E-state index in [-0.39, 0.29) is 23.4 Å². The number of hydrogen-bond acceptors (Lipinski definition) is 2. The summed E-state index contributed by atoms with van der Waals surface area (Å²) in [5.74, 6) is -1.67. The van der Waals surface area contributed by atoms with E-state index < -0.39 is 11.6 Å². The van der Waals surface area contributed by atoms with Crippen molar-refractivity contribution in [3.8, 4) is 0 Å². The first-order valence-electron chi connectivity index (χ1n) is 5.39. The number of nitrogens with two attached hydrogens (primary N) is 1. The van der Waals surface area contributed by atoms with Gasteiger partial charge in [-0.15, -0.1) is 0 Å². The van der Waals surface area contributed by atoms with Crippen LogP contribution < -0.4 is 5.73 Å². The lowest BCUT2D eigenvalue weighted by atomic mass is 9.93. The van der Waals surface area contributed by atoms with Gasteiger partial charge in [0.15, 0.2) is 0 Å². The summed E-state index contributed by atoms with van der Waals surface area (Å²) in [4.78, 5) is 13.2. The molecule has 2 N–H and O–H groups in total. The van der Waals surface area contributed by atoms with Gasteiger partial charge in [-0.05, 0) is 19.1 Å². The van der Waals surface area contributed by atoms with Gasteiger partial charge in [0.1, 0.15) is 11.6 Å². The molecule has 3 nitrogen and oxygen atoms in total. The number of amides is 1. The Bertz CT molecular complexity index is 432. The Labute approximate surface area is 98.2 Å². The van der Waals surface area contributed by atoms with Crippen LogP contribution in [-0.4, -0.2) is 29.4 Å². The third-order valence-corrected chi connectivity index (χ3v) is 2.85. The molecule has 1 aromatic rings. The highest BCUT2D eigenvalue weighted by atomic mass is 19.1. The first-order valence-corrected chi connectivity index (χ1v) is 5.39. The maximum absolute atomic E-state index is 13.3. The average molecular weight is 240 g/mol. The Morgan fingerprint density at radius 1 is 1.41 bits per heavy atom. The molecule has 0 radical (unpaired) electrons. The van der Waals surface area contributed by atoms with Crippen LogP contribution in [0, 0.1) is 11.6 Å². The summed E-state index contributed by atoms with van der Waals surface area (Å²) in [6, 6.07) is 3.57. The first kappa shape index (κ1) is 12.0. The SMILES string of the molecule is CC1(N)CN(C(=O)Cc2c(F)cccc2F)C1. The highest BCUT2D eigenvalue weighted by Crippen LogP contribution is 2.20. The van der Waals surface area contributed by atoms with Crippen molar-refractivity contribution in [3.05, 3.63) is 35.4 Å². The molecule has 0 unspecified atom stereocenters. The van der Waals surface area contributed by atoms with Gasteiger partial charge >= 0.3 is 0 Å². The molecule has 0 saturated carbocycles. The number of halogens is 2. The van der Waals surface area contributed by atoms with Gasteiger partial charge in [0.2, 0.25) is 5.91 Å². The van der Waals surface area contributed by atoms with Crippen LogP contribution >= 0.6 is 0 Å². The first-order chi connectivity index (χ1) is 7.89. The third kappa shape index (κ3) is 2.44. The monoisotopic (exact) mass is 240 g/mol. The molecule has 1 aliphatic rings. The number of nitrogens with zero attached hydrogens (tertiary/aromatic N) is 1. The lowest BCUT2D eigenvalue weighted by molar-refractivity contribution is -0.137. The molecule has 1 fully saturated rings. The largest absolute Gasteiger partial charge is 0.339 e. The van der Waals surface area contributed by atoms with Gasteiger partial charge in [-0.25, -0.2) is 8.78 Å². The van der Waals surface area contributed by atoms with E-state index in [9.17, 15) is 13.6 Å². The minimum atomic E-state index is -0.686. The quantitative estimate of drug-likeness (QED) is 0.840. The van der Waals surface area contributed by atoms with Crippen molar-refractivity contribution in [2.75, 3.05) is 13.1 Å². The van der Waals surface area contributed by atoms with Gasteiger partial charge in [-0.1, -0.05) is 6.07 Å². The van der Waals surface area contributed by atoms with Crippen LogP contribution in [0.2, 0.25) is 0 Å². The molecule has 1 amide bonds. The van der Waals surface area contributed by atoms with Crippen LogP contribution in [-0.2, 0) is 11.2 Å². The van der Waals surface area contributed by atoms with Gasteiger partial charge in [0.05, 0.1) is 6.42 Å². The fraction of sp³-hybridized carbons (Fsp3) is 0.417. The summed E-state index contributed by atoms with van der Waals surface area (Å²) in [6.45, 7) is 2.70. The number of benzene rings is 1. The molecule has 2 rings (SSSR count). The Hall–Kier alpha value is -1.49. The fourth-order valence-corrected chi connectivity index (χ4v) is 1.97. The van der Waals surface area contributed by atoms with E-state index in [2.05, 4.69) is 0 Å². The number of likely N-dealkylation sites (tertiary alicyclic amines) is 1. The van der Waals surface area contributed by atoms with Crippen molar-refractivity contribution in [3.63, 3.8) is 0 Å². The molecule has 1 aromatic carbocycles. The van der Waals surface area contributed by atoms with Gasteiger partial charge in [0, 0.05) is 24.2 Å². The van der Waals surface area contributed by atoms with E-state index >= 15 is 0 Å². The van der Waals surface area contributed by atoms with E-state index in [0.717, 1.165) is 12.1 Å². The second kappa shape index (κ2) is 4.07. The summed E-state index contributed by atoms with van der Waals surface area (Å²) in [5.41, 5.74) is 5.21. The molecule has 1 aliphatic heterocycles. The molecule has 92 valence electrons. The van der Waals surface area contributed by atoms with Crippen molar-refractivity contribution in [2.45, 2.75) is 18.9 Å². The van der Waals surface area contributed by atoms with Gasteiger partial charge in [-0.3, -0.25) is 4.79 Å². The lowest BCUT2D eigenvalue weighted by Gasteiger charge is -2.45. The normalized spacial score (nSPS) is 17.8. The van der Waals surface area contributed by atoms with Gasteiger partial charge < -0.3 is 10.6 Å². The van der Waals surface area contributed by atoms with Gasteiger partial charge in [-0.2, -0.15) is 0 Å². The Kier molecular flexibility index (Phi) is 2.87. The minimum absolute atomic E-state index is 0.178. The van der Waals surface area contributed by atoms with E-state index in [4.69, 9.17) is 5.73 Å². The second-order valence-electron chi connectivity index (χ2n) is 4.78. The molecule has 1 heterocycles. The Morgan fingerprint density at radius 2 is 1.94 bits per heavy atom. The zero-order valence-corrected chi connectivity index (χ0v) is 9.54. The van der Waals surface area contributed by atoms with E-state index in [1.165, 1.54) is 11.0 Å². The summed E-state index contributed by atoms with van der Waals surface area (Å²) in [7, 11) is 0. The maximum Gasteiger partial charge on any atom is 0.227 e. The zero-order chi connectivity index (χ0) is 12.6. The standard InChI is InChI=1S/C12H14F2N2O/c1-12(15)6-16(7-12)11(17)5-8-9(13)3-2-4-10(8)14/h2-4H,5-7,15H2,1H3. The molecule has 0 aromatic heterocycles. The highest BCUT2D eigenvalue weighted by Gasteiger charge is 2.37. The van der Waals surface area contributed by atoms with Crippen LogP contribution in [0.15, 0.2) is 18.2 Å². The van der Waals surface area contributed by atoms with Crippen molar-refractivity contribution in [1.29, 1.82) is 0 Å². The minimum Gasteiger partial charge on any atom is -0.339 e. The van der Waals surface area contributed by atoms with Crippen molar-refractivity contribution >= 4 is 5.91 Å². The molecule has 0 bridgehead atoms. The van der Waals surface area contributed by atoms with Crippen LogP contribution in [0.1, 0.15) is 12.5 Å². The van der Waals surface area contributed by atoms with Crippen molar-refractivity contribution < 1.29 is 13.6 Å².